The zero-order chi connectivity index (χ0) is 22.1. The van der Waals surface area contributed by atoms with Crippen molar-refractivity contribution in [3.8, 4) is 11.5 Å². The summed E-state index contributed by atoms with van der Waals surface area (Å²) in [7, 11) is 2.99. The Hall–Kier alpha value is -2.62. The zero-order valence-electron chi connectivity index (χ0n) is 17.5. The van der Waals surface area contributed by atoms with E-state index in [1.807, 2.05) is 0 Å². The summed E-state index contributed by atoms with van der Waals surface area (Å²) in [5, 5.41) is 13.0. The normalized spacial score (nSPS) is 14.7. The number of carboxylic acid groups (broad SMARTS) is 1. The number of hydrogen-bond acceptors (Lipinski definition) is 7. The number of hydrogen-bond donors (Lipinski definition) is 4. The van der Waals surface area contributed by atoms with Gasteiger partial charge in [-0.05, 0) is 47.9 Å². The first kappa shape index (κ1) is 22.1. The van der Waals surface area contributed by atoms with Gasteiger partial charge in [0.1, 0.15) is 5.00 Å². The molecule has 0 bridgehead atoms. The van der Waals surface area contributed by atoms with Gasteiger partial charge in [0.2, 0.25) is 0 Å². The molecular weight excluding hydrogens is 406 g/mol. The summed E-state index contributed by atoms with van der Waals surface area (Å²) in [6, 6.07) is 3.24. The van der Waals surface area contributed by atoms with E-state index in [0.717, 1.165) is 23.3 Å². The Labute approximate surface area is 179 Å². The van der Waals surface area contributed by atoms with Crippen molar-refractivity contribution in [2.45, 2.75) is 39.7 Å². The lowest BCUT2D eigenvalue weighted by Crippen LogP contribution is -2.24. The van der Waals surface area contributed by atoms with Gasteiger partial charge < -0.3 is 19.9 Å². The van der Waals surface area contributed by atoms with E-state index in [2.05, 4.69) is 24.6 Å². The largest absolute Gasteiger partial charge is 0.493 e. The molecule has 0 saturated heterocycles. The third-order valence-electron chi connectivity index (χ3n) is 5.36. The van der Waals surface area contributed by atoms with Gasteiger partial charge in [-0.2, -0.15) is 0 Å². The minimum Gasteiger partial charge on any atom is -0.493 e. The maximum atomic E-state index is 13.1. The minimum absolute atomic E-state index is 0.0306. The van der Waals surface area contributed by atoms with E-state index < -0.39 is 11.9 Å². The first-order valence-electron chi connectivity index (χ1n) is 9.58. The van der Waals surface area contributed by atoms with Crippen LogP contribution in [0, 0.1) is 5.41 Å². The first-order chi connectivity index (χ1) is 14.2. The second-order valence-electron chi connectivity index (χ2n) is 8.05. The predicted octanol–water partition coefficient (Wildman–Crippen LogP) is 3.19. The number of thiophene rings is 1. The maximum absolute atomic E-state index is 13.1. The Morgan fingerprint density at radius 1 is 1.23 bits per heavy atom. The fourth-order valence-electron chi connectivity index (χ4n) is 3.79. The molecule has 162 valence electrons. The Morgan fingerprint density at radius 3 is 2.50 bits per heavy atom. The highest BCUT2D eigenvalue weighted by atomic mass is 32.1. The summed E-state index contributed by atoms with van der Waals surface area (Å²) in [6.07, 6.45) is 2.46. The molecule has 9 heteroatoms. The molecule has 2 aromatic rings. The lowest BCUT2D eigenvalue weighted by Gasteiger charge is -2.29. The van der Waals surface area contributed by atoms with Crippen molar-refractivity contribution in [2.75, 3.05) is 19.5 Å². The van der Waals surface area contributed by atoms with Gasteiger partial charge in [0.25, 0.3) is 5.91 Å². The summed E-state index contributed by atoms with van der Waals surface area (Å²) in [5.41, 5.74) is 4.52. The van der Waals surface area contributed by atoms with Gasteiger partial charge in [0, 0.05) is 17.0 Å². The highest BCUT2D eigenvalue weighted by molar-refractivity contribution is 7.17. The number of fused-ring (bicyclic) bond motifs is 1. The van der Waals surface area contributed by atoms with Gasteiger partial charge in [-0.25, -0.2) is 4.79 Å². The molecule has 30 heavy (non-hydrogen) atoms. The number of carbonyl (C=O) groups excluding carboxylic acids is 1. The van der Waals surface area contributed by atoms with Crippen LogP contribution in [0.5, 0.6) is 11.5 Å². The molecule has 1 aromatic heterocycles. The van der Waals surface area contributed by atoms with Crippen molar-refractivity contribution in [3.05, 3.63) is 39.3 Å². The number of nitrogens with two attached hydrogens (primary N) is 1. The van der Waals surface area contributed by atoms with Crippen LogP contribution in [0.15, 0.2) is 12.1 Å². The highest BCUT2D eigenvalue weighted by Crippen LogP contribution is 2.44. The topological polar surface area (TPSA) is 123 Å². The van der Waals surface area contributed by atoms with Crippen molar-refractivity contribution in [3.63, 3.8) is 0 Å². The van der Waals surface area contributed by atoms with Crippen molar-refractivity contribution in [2.24, 2.45) is 11.3 Å². The summed E-state index contributed by atoms with van der Waals surface area (Å²) in [6.45, 7) is 4.49. The van der Waals surface area contributed by atoms with Crippen molar-refractivity contribution < 1.29 is 24.2 Å². The van der Waals surface area contributed by atoms with Crippen LogP contribution >= 0.6 is 11.3 Å². The molecule has 8 nitrogen and oxygen atoms in total. The Balaban J connectivity index is 2.01. The van der Waals surface area contributed by atoms with E-state index in [0.29, 0.717) is 34.0 Å². The number of carbonyl (C=O) groups is 2. The molecule has 3 rings (SSSR count). The number of rotatable bonds is 7. The summed E-state index contributed by atoms with van der Waals surface area (Å²) in [4.78, 5) is 26.2. The third-order valence-corrected chi connectivity index (χ3v) is 6.57. The quantitative estimate of drug-likeness (QED) is 0.391. The Bertz CT molecular complexity index is 984. The average molecular weight is 434 g/mol. The van der Waals surface area contributed by atoms with Crippen LogP contribution < -0.4 is 26.1 Å². The molecule has 1 heterocycles. The van der Waals surface area contributed by atoms with Crippen molar-refractivity contribution in [1.29, 1.82) is 0 Å². The van der Waals surface area contributed by atoms with E-state index in [1.165, 1.54) is 25.6 Å². The van der Waals surface area contributed by atoms with E-state index in [4.69, 9.17) is 15.3 Å². The third kappa shape index (κ3) is 4.28. The number of nitrogens with one attached hydrogen (secondary N) is 2. The standard InChI is InChI=1S/C21H27N3O5S/c1-21(2)6-5-16-13(9-21)17(20(26)27)19(30-16)24-18(25)12-8-15(29-4)14(28-3)7-11(12)10-23-22/h7-8,23H,5-6,9-10,22H2,1-4H3,(H,24,25)(H,26,27). The average Bonchev–Trinajstić information content (AvgIpc) is 3.03. The SMILES string of the molecule is COc1cc(CNN)c(C(=O)Nc2sc3c(c2C(=O)O)CC(C)(C)CC3)cc1OC. The fraction of sp³-hybridized carbons (Fsp3) is 0.429. The molecule has 1 aliphatic carbocycles. The summed E-state index contributed by atoms with van der Waals surface area (Å²) >= 11 is 1.34. The van der Waals surface area contributed by atoms with Crippen LogP contribution in [0.1, 0.15) is 57.0 Å². The smallest absolute Gasteiger partial charge is 0.339 e. The molecule has 1 amide bonds. The van der Waals surface area contributed by atoms with Gasteiger partial charge >= 0.3 is 5.97 Å². The van der Waals surface area contributed by atoms with Crippen LogP contribution in [0.4, 0.5) is 5.00 Å². The van der Waals surface area contributed by atoms with Gasteiger partial charge in [-0.3, -0.25) is 16.1 Å². The molecule has 0 fully saturated rings. The molecule has 0 spiro atoms. The van der Waals surface area contributed by atoms with Gasteiger partial charge in [-0.1, -0.05) is 13.8 Å². The van der Waals surface area contributed by atoms with Gasteiger partial charge in [0.15, 0.2) is 11.5 Å². The minimum atomic E-state index is -1.03. The molecule has 1 aliphatic rings. The van der Waals surface area contributed by atoms with E-state index in [1.54, 1.807) is 12.1 Å². The van der Waals surface area contributed by atoms with Gasteiger partial charge in [-0.15, -0.1) is 11.3 Å². The highest BCUT2D eigenvalue weighted by Gasteiger charge is 2.33. The Kier molecular flexibility index (Phi) is 6.35. The van der Waals surface area contributed by atoms with E-state index >= 15 is 0 Å². The number of carboxylic acids is 1. The number of methoxy groups -OCH3 is 2. The number of aryl methyl sites for hydroxylation is 1. The van der Waals surface area contributed by atoms with Gasteiger partial charge in [0.05, 0.1) is 19.8 Å². The molecular formula is C21H27N3O5S. The number of aromatic carboxylic acids is 1. The van der Waals surface area contributed by atoms with E-state index in [-0.39, 0.29) is 17.5 Å². The second kappa shape index (κ2) is 8.63. The molecule has 0 saturated carbocycles. The molecule has 0 unspecified atom stereocenters. The lowest BCUT2D eigenvalue weighted by atomic mass is 9.76. The number of benzene rings is 1. The molecule has 5 N–H and O–H groups in total. The maximum Gasteiger partial charge on any atom is 0.339 e. The molecule has 0 aliphatic heterocycles. The number of anilines is 1. The van der Waals surface area contributed by atoms with Crippen LogP contribution in [0.3, 0.4) is 0 Å². The summed E-state index contributed by atoms with van der Waals surface area (Å²) in [5.74, 6) is 4.88. The fourth-order valence-corrected chi connectivity index (χ4v) is 5.00. The van der Waals surface area contributed by atoms with Crippen LogP contribution in [-0.4, -0.2) is 31.2 Å². The number of ether oxygens (including phenoxy) is 2. The Morgan fingerprint density at radius 2 is 1.90 bits per heavy atom. The van der Waals surface area contributed by atoms with E-state index in [9.17, 15) is 14.7 Å². The predicted molar refractivity (Wildman–Crippen MR) is 116 cm³/mol. The number of hydrazine groups is 1. The monoisotopic (exact) mass is 433 g/mol. The second-order valence-corrected chi connectivity index (χ2v) is 9.16. The number of amides is 1. The van der Waals surface area contributed by atoms with Crippen LogP contribution in [-0.2, 0) is 19.4 Å². The molecule has 0 radical (unpaired) electrons. The molecule has 1 aromatic carbocycles. The van der Waals surface area contributed by atoms with Crippen molar-refractivity contribution in [1.82, 2.24) is 5.43 Å². The van der Waals surface area contributed by atoms with Crippen molar-refractivity contribution >= 4 is 28.2 Å². The first-order valence-corrected chi connectivity index (χ1v) is 10.4. The van der Waals surface area contributed by atoms with Crippen LogP contribution in [0.2, 0.25) is 0 Å². The van der Waals surface area contributed by atoms with Crippen LogP contribution in [0.25, 0.3) is 0 Å². The lowest BCUT2D eigenvalue weighted by molar-refractivity contribution is 0.0696. The molecule has 0 atom stereocenters. The zero-order valence-corrected chi connectivity index (χ0v) is 18.4. The summed E-state index contributed by atoms with van der Waals surface area (Å²) < 4.78 is 10.6.